The van der Waals surface area contributed by atoms with E-state index in [2.05, 4.69) is 23.7 Å². The molecule has 0 fully saturated rings. The van der Waals surface area contributed by atoms with Gasteiger partial charge in [-0.25, -0.2) is 25.3 Å². The summed E-state index contributed by atoms with van der Waals surface area (Å²) in [6, 6.07) is 0. The zero-order valence-corrected chi connectivity index (χ0v) is 17.2. The Morgan fingerprint density at radius 3 is 1.54 bits per heavy atom. The van der Waals surface area contributed by atoms with Crippen LogP contribution in [0.25, 0.3) is 0 Å². The number of benzene rings is 1. The van der Waals surface area contributed by atoms with E-state index in [1.807, 2.05) is 12.2 Å². The molecular weight excluding hydrogens is 464 g/mol. The van der Waals surface area contributed by atoms with Crippen LogP contribution < -0.4 is 4.65 Å². The molecule has 0 atom stereocenters. The first-order valence-electron chi connectivity index (χ1n) is 5.83. The summed E-state index contributed by atoms with van der Waals surface area (Å²) in [6.07, 6.45) is 10.0. The molecule has 0 saturated heterocycles. The third-order valence-electron chi connectivity index (χ3n) is 1.98. The minimum absolute atomic E-state index is 0. The van der Waals surface area contributed by atoms with Crippen LogP contribution in [0.1, 0.15) is 13.3 Å². The number of hydrogen-bond acceptors (Lipinski definition) is 3. The number of hydrogen-bond donors (Lipinski definition) is 2. The smallest absolute Gasteiger partial charge is 0.507 e. The van der Waals surface area contributed by atoms with Crippen LogP contribution >= 0.6 is 37.2 Å². The monoisotopic (exact) mass is 478 g/mol. The summed E-state index contributed by atoms with van der Waals surface area (Å²) < 4.78 is 66.3. The van der Waals surface area contributed by atoms with Crippen molar-refractivity contribution in [2.24, 2.45) is 0 Å². The van der Waals surface area contributed by atoms with Crippen LogP contribution in [0.3, 0.4) is 0 Å². The third kappa shape index (κ3) is 11.4. The van der Waals surface area contributed by atoms with Gasteiger partial charge in [0.25, 0.3) is 0 Å². The van der Waals surface area contributed by atoms with E-state index in [0.29, 0.717) is 0 Å². The van der Waals surface area contributed by atoms with Gasteiger partial charge in [0.2, 0.25) is 29.1 Å². The maximum absolute atomic E-state index is 12.7. The van der Waals surface area contributed by atoms with E-state index in [9.17, 15) is 22.0 Å². The summed E-state index contributed by atoms with van der Waals surface area (Å²) in [6.45, 7) is 5.00. The van der Waals surface area contributed by atoms with Crippen molar-refractivity contribution in [3.8, 4) is 5.75 Å². The molecule has 0 radical (unpaired) electrons. The normalized spacial score (nSPS) is 9.58. The Hall–Kier alpha value is -0.281. The van der Waals surface area contributed by atoms with Gasteiger partial charge in [-0.1, -0.05) is 0 Å². The first-order chi connectivity index (χ1) is 10.4. The third-order valence-corrected chi connectivity index (χ3v) is 1.98. The van der Waals surface area contributed by atoms with Crippen LogP contribution in [-0.4, -0.2) is 17.4 Å². The predicted molar refractivity (Wildman–Crippen MR) is 91.4 cm³/mol. The molecule has 1 aromatic carbocycles. The molecule has 0 aliphatic heterocycles. The van der Waals surface area contributed by atoms with Crippen molar-refractivity contribution in [1.82, 2.24) is 0 Å². The summed E-state index contributed by atoms with van der Waals surface area (Å²) in [5.41, 5.74) is 0. The maximum atomic E-state index is 12.7. The van der Waals surface area contributed by atoms with E-state index in [1.165, 1.54) is 0 Å². The second kappa shape index (κ2) is 19.5. The Balaban J connectivity index is -0.000000115. The fourth-order valence-electron chi connectivity index (χ4n) is 1.13. The second-order valence-corrected chi connectivity index (χ2v) is 3.35. The molecule has 3 nitrogen and oxygen atoms in total. The molecule has 0 spiro atoms. The van der Waals surface area contributed by atoms with Crippen molar-refractivity contribution in [2.45, 2.75) is 13.3 Å². The quantitative estimate of drug-likeness (QED) is 0.221. The predicted octanol–water partition coefficient (Wildman–Crippen LogP) is 4.14. The second-order valence-electron chi connectivity index (χ2n) is 3.35. The van der Waals surface area contributed by atoms with Gasteiger partial charge in [0.15, 0.2) is 5.75 Å². The van der Waals surface area contributed by atoms with E-state index in [1.54, 1.807) is 6.92 Å². The van der Waals surface area contributed by atoms with Crippen molar-refractivity contribution < 1.29 is 58.4 Å². The molecule has 1 aliphatic carbocycles. The van der Waals surface area contributed by atoms with E-state index in [-0.39, 0.29) is 58.9 Å². The Kier molecular flexibility index (Phi) is 27.4. The molecule has 0 bridgehead atoms. The molecule has 148 valence electrons. The van der Waals surface area contributed by atoms with Gasteiger partial charge in [-0.3, -0.25) is 6.08 Å². The molecule has 2 rings (SSSR count). The molecule has 0 heterocycles. The first kappa shape index (κ1) is 36.6. The Bertz CT molecular complexity index is 527. The molecule has 13 heteroatoms. The average molecular weight is 479 g/mol. The van der Waals surface area contributed by atoms with E-state index in [4.69, 9.17) is 10.0 Å². The van der Waals surface area contributed by atoms with Crippen LogP contribution in [-0.2, 0) is 21.7 Å². The molecule has 1 aromatic rings. The molecule has 2 N–H and O–H groups in total. The van der Waals surface area contributed by atoms with Crippen molar-refractivity contribution in [2.75, 3.05) is 0 Å². The summed E-state index contributed by atoms with van der Waals surface area (Å²) in [5.74, 6) is -13.1. The van der Waals surface area contributed by atoms with Gasteiger partial charge in [0.1, 0.15) is 0 Å². The number of rotatable bonds is 2. The Morgan fingerprint density at radius 2 is 1.31 bits per heavy atom. The summed E-state index contributed by atoms with van der Waals surface area (Å²) in [7, 11) is -2.70. The van der Waals surface area contributed by atoms with Gasteiger partial charge in [-0.2, -0.15) is 21.8 Å². The van der Waals surface area contributed by atoms with E-state index in [0.717, 1.165) is 6.42 Å². The number of allylic oxidation sites excluding steroid dienone is 4. The van der Waals surface area contributed by atoms with Crippen molar-refractivity contribution >= 4 is 44.5 Å². The van der Waals surface area contributed by atoms with Crippen molar-refractivity contribution in [3.63, 3.8) is 0 Å². The minimum atomic E-state index is -2.70. The van der Waals surface area contributed by atoms with E-state index < -0.39 is 42.2 Å². The van der Waals surface area contributed by atoms with Crippen molar-refractivity contribution in [3.05, 3.63) is 60.3 Å². The fraction of sp³-hybridized carbons (Fsp3) is 0.154. The minimum Gasteiger partial charge on any atom is -0.507 e. The summed E-state index contributed by atoms with van der Waals surface area (Å²) in [5, 5.41) is 16.3. The standard InChI is InChI=1S/C6H2BF5O3.C5H5.C2H5.3ClH.Ti/c8-1-2(9)4(11)6(15-7(13)14)5(12)3(1)10;1-2-4-5-3-1;1-2;;;;/h13-14H;1-3H,4H2;1H2,2H3;3*1H;/q;2*-1;;;;+2. The molecule has 0 amide bonds. The molecule has 26 heavy (non-hydrogen) atoms. The molecule has 1 aliphatic rings. The van der Waals surface area contributed by atoms with Crippen LogP contribution in [0.5, 0.6) is 5.75 Å². The SMILES string of the molecule is Cl.Cl.Cl.OB(O)Oc1c(F)c(F)c(F)c(F)c1F.[C-]1=CC=CC1.[CH2-]C.[Ti+2]. The zero-order valence-electron chi connectivity index (χ0n) is 13.1. The topological polar surface area (TPSA) is 49.7 Å². The van der Waals surface area contributed by atoms with Crippen LogP contribution in [0.4, 0.5) is 22.0 Å². The molecule has 0 unspecified atom stereocenters. The van der Waals surface area contributed by atoms with Crippen LogP contribution in [0.2, 0.25) is 0 Å². The van der Waals surface area contributed by atoms with Gasteiger partial charge in [-0.15, -0.1) is 43.6 Å². The van der Waals surface area contributed by atoms with E-state index >= 15 is 0 Å². The Morgan fingerprint density at radius 1 is 0.923 bits per heavy atom. The maximum Gasteiger partial charge on any atom is 2.00 e. The zero-order chi connectivity index (χ0) is 17.3. The van der Waals surface area contributed by atoms with Gasteiger partial charge >= 0.3 is 29.0 Å². The number of halogens is 8. The summed E-state index contributed by atoms with van der Waals surface area (Å²) in [4.78, 5) is 0. The average Bonchev–Trinajstić information content (AvgIpc) is 3.09. The van der Waals surface area contributed by atoms with Crippen LogP contribution in [0.15, 0.2) is 18.2 Å². The van der Waals surface area contributed by atoms with Gasteiger partial charge < -0.3 is 21.6 Å². The van der Waals surface area contributed by atoms with Gasteiger partial charge in [0, 0.05) is 0 Å². The first-order valence-corrected chi connectivity index (χ1v) is 5.83. The van der Waals surface area contributed by atoms with Gasteiger partial charge in [0.05, 0.1) is 0 Å². The Labute approximate surface area is 182 Å². The van der Waals surface area contributed by atoms with Gasteiger partial charge in [-0.05, 0) is 0 Å². The van der Waals surface area contributed by atoms with Crippen molar-refractivity contribution in [1.29, 1.82) is 0 Å². The molecular formula is C13H15BCl3F5O3Ti. The molecule has 0 aromatic heterocycles. The fourth-order valence-corrected chi connectivity index (χ4v) is 1.13. The molecule has 0 saturated carbocycles. The van der Waals surface area contributed by atoms with Crippen LogP contribution in [0, 0.1) is 42.1 Å². The summed E-state index contributed by atoms with van der Waals surface area (Å²) >= 11 is 0. The largest absolute Gasteiger partial charge is 2.00 e.